The van der Waals surface area contributed by atoms with Gasteiger partial charge in [-0.1, -0.05) is 13.8 Å². The predicted octanol–water partition coefficient (Wildman–Crippen LogP) is -1.24. The maximum Gasteiger partial charge on any atom is 0.438 e. The van der Waals surface area contributed by atoms with Crippen LogP contribution in [0.1, 0.15) is 13.8 Å². The lowest BCUT2D eigenvalue weighted by molar-refractivity contribution is -0.177. The van der Waals surface area contributed by atoms with Crippen molar-refractivity contribution in [1.82, 2.24) is 16.0 Å². The molecule has 1 atom stereocenters. The van der Waals surface area contributed by atoms with E-state index in [1.807, 2.05) is 0 Å². The van der Waals surface area contributed by atoms with E-state index >= 15 is 0 Å². The van der Waals surface area contributed by atoms with Crippen LogP contribution >= 0.6 is 0 Å². The van der Waals surface area contributed by atoms with E-state index in [4.69, 9.17) is 22.6 Å². The Kier molecular flexibility index (Phi) is 11.8. The van der Waals surface area contributed by atoms with E-state index in [0.29, 0.717) is 0 Å². The third kappa shape index (κ3) is 11.8. The van der Waals surface area contributed by atoms with Gasteiger partial charge in [-0.15, -0.1) is 0 Å². The summed E-state index contributed by atoms with van der Waals surface area (Å²) < 4.78 is 9.90. The maximum atomic E-state index is 11.9. The molecule has 2 radical (unpaired) electrons. The Hall–Kier alpha value is -2.34. The number of rotatable bonds is 11. The molecule has 12 heteroatoms. The normalized spacial score (nSPS) is 11.4. The highest BCUT2D eigenvalue weighted by Gasteiger charge is 2.24. The number of alkyl carbamates (subject to hydrolysis) is 1. The van der Waals surface area contributed by atoms with Crippen LogP contribution in [0, 0.1) is 5.92 Å². The molecule has 0 saturated heterocycles. The molecule has 0 aliphatic carbocycles. The molecular formula is C13H22BN3O8. The average molecular weight is 359 g/mol. The zero-order valence-corrected chi connectivity index (χ0v) is 14.1. The zero-order chi connectivity index (χ0) is 19.2. The van der Waals surface area contributed by atoms with Crippen LogP contribution in [0.25, 0.3) is 0 Å². The summed E-state index contributed by atoms with van der Waals surface area (Å²) >= 11 is 0. The Bertz CT molecular complexity index is 461. The monoisotopic (exact) mass is 359 g/mol. The third-order valence-electron chi connectivity index (χ3n) is 2.72. The van der Waals surface area contributed by atoms with Crippen LogP contribution in [0.15, 0.2) is 0 Å². The molecule has 3 amide bonds. The van der Waals surface area contributed by atoms with Crippen molar-refractivity contribution in [3.05, 3.63) is 0 Å². The van der Waals surface area contributed by atoms with Crippen molar-refractivity contribution >= 4 is 31.6 Å². The van der Waals surface area contributed by atoms with Gasteiger partial charge in [0, 0.05) is 6.54 Å². The first kappa shape index (κ1) is 22.7. The number of amides is 3. The number of carbonyl (C=O) groups is 4. The Labute approximate surface area is 146 Å². The molecule has 0 aromatic carbocycles. The van der Waals surface area contributed by atoms with E-state index < -0.39 is 29.8 Å². The highest BCUT2D eigenvalue weighted by atomic mass is 17.1. The molecule has 0 saturated carbocycles. The molecule has 140 valence electrons. The highest BCUT2D eigenvalue weighted by molar-refractivity contribution is 6.58. The molecule has 4 N–H and O–H groups in total. The van der Waals surface area contributed by atoms with Crippen LogP contribution < -0.4 is 16.0 Å². The molecule has 25 heavy (non-hydrogen) atoms. The van der Waals surface area contributed by atoms with Crippen molar-refractivity contribution in [1.29, 1.82) is 0 Å². The van der Waals surface area contributed by atoms with E-state index in [-0.39, 0.29) is 38.8 Å². The van der Waals surface area contributed by atoms with Crippen molar-refractivity contribution in [2.45, 2.75) is 19.9 Å². The number of hydrogen-bond acceptors (Lipinski definition) is 8. The van der Waals surface area contributed by atoms with Crippen LogP contribution in [0.3, 0.4) is 0 Å². The summed E-state index contributed by atoms with van der Waals surface area (Å²) in [5.41, 5.74) is -0.697. The van der Waals surface area contributed by atoms with Gasteiger partial charge in [-0.3, -0.25) is 9.68 Å². The van der Waals surface area contributed by atoms with Gasteiger partial charge in [0.05, 0.1) is 25.4 Å². The molecule has 0 aromatic heterocycles. The summed E-state index contributed by atoms with van der Waals surface area (Å²) in [6.07, 6.45) is -1.83. The molecule has 0 aliphatic rings. The molecule has 0 heterocycles. The number of hydrogen-bond donors (Lipinski definition) is 4. The molecule has 0 aliphatic heterocycles. The second-order valence-electron chi connectivity index (χ2n) is 5.10. The van der Waals surface area contributed by atoms with Gasteiger partial charge in [-0.25, -0.2) is 9.59 Å². The predicted molar refractivity (Wildman–Crippen MR) is 84.8 cm³/mol. The van der Waals surface area contributed by atoms with Crippen LogP contribution in [-0.2, 0) is 24.0 Å². The minimum atomic E-state index is -1.01. The van der Waals surface area contributed by atoms with Crippen LogP contribution in [0.2, 0.25) is 0 Å². The fourth-order valence-electron chi connectivity index (χ4n) is 1.54. The van der Waals surface area contributed by atoms with Gasteiger partial charge in [0.25, 0.3) is 0 Å². The van der Waals surface area contributed by atoms with Gasteiger partial charge in [0.15, 0.2) is 7.85 Å². The smallest absolute Gasteiger partial charge is 0.438 e. The van der Waals surface area contributed by atoms with E-state index in [0.717, 1.165) is 0 Å². The van der Waals surface area contributed by atoms with Crippen LogP contribution in [-0.4, -0.2) is 75.8 Å². The van der Waals surface area contributed by atoms with Crippen molar-refractivity contribution in [3.8, 4) is 0 Å². The van der Waals surface area contributed by atoms with E-state index in [1.54, 1.807) is 13.8 Å². The van der Waals surface area contributed by atoms with Gasteiger partial charge in [-0.05, 0) is 5.92 Å². The van der Waals surface area contributed by atoms with Gasteiger partial charge in [-0.2, -0.15) is 5.26 Å². The van der Waals surface area contributed by atoms with Crippen LogP contribution in [0.4, 0.5) is 9.59 Å². The number of ether oxygens (including phenoxy) is 2. The van der Waals surface area contributed by atoms with Crippen molar-refractivity contribution in [2.75, 3.05) is 32.9 Å². The van der Waals surface area contributed by atoms with E-state index in [2.05, 4.69) is 20.8 Å². The average Bonchev–Trinajstić information content (AvgIpc) is 2.55. The SMILES string of the molecule is [B]C(=O)CNC(=O)C(NC(=O)OCCOCCNC(=O)OO)C(C)C. The second-order valence-corrected chi connectivity index (χ2v) is 5.10. The molecule has 0 rings (SSSR count). The Morgan fingerprint density at radius 3 is 2.28 bits per heavy atom. The lowest BCUT2D eigenvalue weighted by Crippen LogP contribution is -2.50. The molecule has 1 unspecified atom stereocenters. The topological polar surface area (TPSA) is 152 Å². The Morgan fingerprint density at radius 1 is 1.04 bits per heavy atom. The first-order valence-corrected chi connectivity index (χ1v) is 7.44. The van der Waals surface area contributed by atoms with Crippen molar-refractivity contribution in [3.63, 3.8) is 0 Å². The molecule has 11 nitrogen and oxygen atoms in total. The highest BCUT2D eigenvalue weighted by Crippen LogP contribution is 2.02. The Morgan fingerprint density at radius 2 is 1.72 bits per heavy atom. The zero-order valence-electron chi connectivity index (χ0n) is 14.1. The summed E-state index contributed by atoms with van der Waals surface area (Å²) in [7, 11) is 4.94. The standard InChI is InChI=1S/C13H22BN3O8/c1-8(2)10(11(19)16-7-9(14)18)17-13(21)24-6-5-23-4-3-15-12(20)25-22/h8,10,22H,3-7H2,1-2H3,(H,15,20)(H,16,19)(H,17,21). The Balaban J connectivity index is 3.98. The quantitative estimate of drug-likeness (QED) is 0.155. The molecule has 0 fully saturated rings. The number of nitrogens with one attached hydrogen (secondary N) is 3. The molecule has 0 aromatic rings. The second kappa shape index (κ2) is 13.0. The first-order chi connectivity index (χ1) is 11.8. The minimum absolute atomic E-state index is 0.0590. The first-order valence-electron chi connectivity index (χ1n) is 7.44. The van der Waals surface area contributed by atoms with Gasteiger partial charge in [0.1, 0.15) is 12.6 Å². The fourth-order valence-corrected chi connectivity index (χ4v) is 1.54. The maximum absolute atomic E-state index is 11.9. The number of carbonyl (C=O) groups excluding carboxylic acids is 4. The summed E-state index contributed by atoms with van der Waals surface area (Å²) in [4.78, 5) is 48.1. The van der Waals surface area contributed by atoms with Crippen LogP contribution in [0.5, 0.6) is 0 Å². The van der Waals surface area contributed by atoms with Gasteiger partial charge >= 0.3 is 12.2 Å². The molecule has 0 bridgehead atoms. The lowest BCUT2D eigenvalue weighted by Gasteiger charge is -2.21. The van der Waals surface area contributed by atoms with Gasteiger partial charge < -0.3 is 30.2 Å². The van der Waals surface area contributed by atoms with Gasteiger partial charge in [0.2, 0.25) is 5.91 Å². The van der Waals surface area contributed by atoms with Crippen molar-refractivity contribution in [2.24, 2.45) is 5.92 Å². The summed E-state index contributed by atoms with van der Waals surface area (Å²) in [6.45, 7) is 3.29. The van der Waals surface area contributed by atoms with Crippen molar-refractivity contribution < 1.29 is 38.8 Å². The fraction of sp³-hybridized carbons (Fsp3) is 0.692. The third-order valence-corrected chi connectivity index (χ3v) is 2.72. The minimum Gasteiger partial charge on any atom is -0.447 e. The van der Waals surface area contributed by atoms with E-state index in [1.165, 1.54) is 0 Å². The summed E-state index contributed by atoms with van der Waals surface area (Å²) in [6, 6.07) is -0.888. The summed E-state index contributed by atoms with van der Waals surface area (Å²) in [5, 5.41) is 14.8. The summed E-state index contributed by atoms with van der Waals surface area (Å²) in [5.74, 6) is -0.794. The largest absolute Gasteiger partial charge is 0.447 e. The molecular weight excluding hydrogens is 337 g/mol. The van der Waals surface area contributed by atoms with E-state index in [9.17, 15) is 19.2 Å². The molecule has 0 spiro atoms. The lowest BCUT2D eigenvalue weighted by atomic mass is 10.0.